The van der Waals surface area contributed by atoms with Crippen LogP contribution in [0.1, 0.15) is 32.4 Å². The van der Waals surface area contributed by atoms with Gasteiger partial charge in [0, 0.05) is 24.2 Å². The number of rotatable bonds is 5. The zero-order valence-electron chi connectivity index (χ0n) is 11.9. The second-order valence-corrected chi connectivity index (χ2v) is 5.06. The number of para-hydroxylation sites is 1. The Labute approximate surface area is 114 Å². The quantitative estimate of drug-likeness (QED) is 0.893. The lowest BCUT2D eigenvalue weighted by Gasteiger charge is -2.28. The van der Waals surface area contributed by atoms with Gasteiger partial charge in [0.15, 0.2) is 0 Å². The predicted molar refractivity (Wildman–Crippen MR) is 80.4 cm³/mol. The van der Waals surface area contributed by atoms with Crippen molar-refractivity contribution in [1.82, 2.24) is 4.98 Å². The van der Waals surface area contributed by atoms with Gasteiger partial charge in [-0.2, -0.15) is 0 Å². The van der Waals surface area contributed by atoms with Crippen LogP contribution < -0.4 is 4.90 Å². The first-order chi connectivity index (χ1) is 9.17. The summed E-state index contributed by atoms with van der Waals surface area (Å²) < 4.78 is 0. The Kier molecular flexibility index (Phi) is 4.38. The summed E-state index contributed by atoms with van der Waals surface area (Å²) >= 11 is 0. The monoisotopic (exact) mass is 258 g/mol. The maximum Gasteiger partial charge on any atom is 0.0854 e. The van der Waals surface area contributed by atoms with Gasteiger partial charge in [-0.3, -0.25) is 4.98 Å². The van der Waals surface area contributed by atoms with Crippen molar-refractivity contribution < 1.29 is 5.11 Å². The number of benzene rings is 1. The van der Waals surface area contributed by atoms with Gasteiger partial charge in [-0.25, -0.2) is 0 Å². The van der Waals surface area contributed by atoms with Crippen LogP contribution in [0.2, 0.25) is 0 Å². The lowest BCUT2D eigenvalue weighted by atomic mass is 10.1. The molecular formula is C16H22N2O. The third kappa shape index (κ3) is 2.87. The summed E-state index contributed by atoms with van der Waals surface area (Å²) in [6, 6.07) is 10.6. The molecule has 0 saturated heterocycles. The third-order valence-electron chi connectivity index (χ3n) is 3.66. The van der Waals surface area contributed by atoms with Crippen LogP contribution >= 0.6 is 0 Å². The largest absolute Gasteiger partial charge is 0.390 e. The van der Waals surface area contributed by atoms with Crippen LogP contribution in [0.15, 0.2) is 30.3 Å². The molecule has 0 aliphatic rings. The van der Waals surface area contributed by atoms with Crippen molar-refractivity contribution in [3.05, 3.63) is 36.0 Å². The van der Waals surface area contributed by atoms with E-state index in [1.165, 1.54) is 6.42 Å². The molecule has 0 aliphatic heterocycles. The van der Waals surface area contributed by atoms with Gasteiger partial charge >= 0.3 is 0 Å². The van der Waals surface area contributed by atoms with E-state index >= 15 is 0 Å². The molecule has 3 heteroatoms. The predicted octanol–water partition coefficient (Wildman–Crippen LogP) is 3.35. The van der Waals surface area contributed by atoms with E-state index in [9.17, 15) is 5.11 Å². The van der Waals surface area contributed by atoms with Crippen LogP contribution in [-0.4, -0.2) is 23.2 Å². The molecule has 19 heavy (non-hydrogen) atoms. The number of aliphatic hydroxyl groups is 1. The third-order valence-corrected chi connectivity index (χ3v) is 3.66. The Morgan fingerprint density at radius 3 is 2.74 bits per heavy atom. The van der Waals surface area contributed by atoms with E-state index in [1.54, 1.807) is 0 Å². The van der Waals surface area contributed by atoms with Gasteiger partial charge in [-0.1, -0.05) is 31.5 Å². The number of fused-ring (bicyclic) bond motifs is 1. The van der Waals surface area contributed by atoms with Crippen LogP contribution in [0.5, 0.6) is 0 Å². The number of nitrogens with zero attached hydrogens (tertiary/aromatic N) is 2. The summed E-state index contributed by atoms with van der Waals surface area (Å²) in [5.41, 5.74) is 2.82. The van der Waals surface area contributed by atoms with Crippen molar-refractivity contribution in [2.45, 2.75) is 39.3 Å². The highest BCUT2D eigenvalue weighted by molar-refractivity contribution is 5.92. The van der Waals surface area contributed by atoms with Crippen molar-refractivity contribution in [3.63, 3.8) is 0 Å². The molecule has 0 radical (unpaired) electrons. The van der Waals surface area contributed by atoms with Gasteiger partial charge < -0.3 is 10.0 Å². The normalized spacial score (nSPS) is 12.6. The summed E-state index contributed by atoms with van der Waals surface area (Å²) in [6.45, 7) is 4.42. The zero-order chi connectivity index (χ0) is 13.8. The average molecular weight is 258 g/mol. The highest BCUT2D eigenvalue weighted by Gasteiger charge is 2.13. The Morgan fingerprint density at radius 2 is 2.05 bits per heavy atom. The van der Waals surface area contributed by atoms with Crippen LogP contribution in [-0.2, 0) is 6.61 Å². The first-order valence-corrected chi connectivity index (χ1v) is 6.89. The van der Waals surface area contributed by atoms with Crippen molar-refractivity contribution in [2.24, 2.45) is 0 Å². The number of aromatic nitrogens is 1. The van der Waals surface area contributed by atoms with Crippen LogP contribution in [0.25, 0.3) is 10.9 Å². The highest BCUT2D eigenvalue weighted by Crippen LogP contribution is 2.28. The maximum atomic E-state index is 9.36. The Morgan fingerprint density at radius 1 is 1.32 bits per heavy atom. The summed E-state index contributed by atoms with van der Waals surface area (Å²) in [5, 5.41) is 10.5. The summed E-state index contributed by atoms with van der Waals surface area (Å²) in [5.74, 6) is 0. The fourth-order valence-electron chi connectivity index (χ4n) is 2.43. The van der Waals surface area contributed by atoms with E-state index < -0.39 is 0 Å². The fraction of sp³-hybridized carbons (Fsp3) is 0.438. The number of pyridine rings is 1. The maximum absolute atomic E-state index is 9.36. The Balaban J connectivity index is 2.51. The SMILES string of the molecule is CCCC(C)N(C)c1cc(CO)nc2ccccc12. The topological polar surface area (TPSA) is 36.4 Å². The molecule has 1 atom stereocenters. The van der Waals surface area contributed by atoms with E-state index in [1.807, 2.05) is 24.3 Å². The second kappa shape index (κ2) is 6.02. The highest BCUT2D eigenvalue weighted by atomic mass is 16.3. The molecule has 1 unspecified atom stereocenters. The lowest BCUT2D eigenvalue weighted by Crippen LogP contribution is -2.28. The molecule has 1 heterocycles. The van der Waals surface area contributed by atoms with Crippen molar-refractivity contribution in [1.29, 1.82) is 0 Å². The molecule has 0 spiro atoms. The number of hydrogen-bond acceptors (Lipinski definition) is 3. The second-order valence-electron chi connectivity index (χ2n) is 5.06. The molecule has 0 fully saturated rings. The molecule has 3 nitrogen and oxygen atoms in total. The molecule has 2 aromatic rings. The van der Waals surface area contributed by atoms with Crippen molar-refractivity contribution in [3.8, 4) is 0 Å². The van der Waals surface area contributed by atoms with Crippen LogP contribution in [0.3, 0.4) is 0 Å². The molecule has 1 N–H and O–H groups in total. The minimum atomic E-state index is -0.0200. The van der Waals surface area contributed by atoms with Crippen LogP contribution in [0, 0.1) is 0 Å². The van der Waals surface area contributed by atoms with E-state index in [0.717, 1.165) is 28.7 Å². The van der Waals surface area contributed by atoms with Gasteiger partial charge in [0.25, 0.3) is 0 Å². The first kappa shape index (κ1) is 13.8. The Bertz CT molecular complexity index is 553. The number of hydrogen-bond donors (Lipinski definition) is 1. The van der Waals surface area contributed by atoms with E-state index in [-0.39, 0.29) is 6.61 Å². The molecule has 1 aromatic heterocycles. The van der Waals surface area contributed by atoms with Gasteiger partial charge in [0.2, 0.25) is 0 Å². The van der Waals surface area contributed by atoms with Gasteiger partial charge in [0.05, 0.1) is 17.8 Å². The van der Waals surface area contributed by atoms with Gasteiger partial charge in [-0.15, -0.1) is 0 Å². The summed E-state index contributed by atoms with van der Waals surface area (Å²) in [7, 11) is 2.11. The molecule has 0 aliphatic carbocycles. The molecule has 102 valence electrons. The minimum absolute atomic E-state index is 0.0200. The molecule has 2 rings (SSSR count). The fourth-order valence-corrected chi connectivity index (χ4v) is 2.43. The first-order valence-electron chi connectivity index (χ1n) is 6.89. The van der Waals surface area contributed by atoms with Crippen LogP contribution in [0.4, 0.5) is 5.69 Å². The zero-order valence-corrected chi connectivity index (χ0v) is 11.9. The molecule has 0 saturated carbocycles. The van der Waals surface area contributed by atoms with Gasteiger partial charge in [0.1, 0.15) is 0 Å². The minimum Gasteiger partial charge on any atom is -0.390 e. The van der Waals surface area contributed by atoms with E-state index in [4.69, 9.17) is 0 Å². The molecular weight excluding hydrogens is 236 g/mol. The van der Waals surface area contributed by atoms with E-state index in [2.05, 4.69) is 36.8 Å². The summed E-state index contributed by atoms with van der Waals surface area (Å²) in [4.78, 5) is 6.75. The van der Waals surface area contributed by atoms with Crippen molar-refractivity contribution in [2.75, 3.05) is 11.9 Å². The number of anilines is 1. The Hall–Kier alpha value is -1.61. The molecule has 1 aromatic carbocycles. The number of aliphatic hydroxyl groups excluding tert-OH is 1. The molecule has 0 bridgehead atoms. The molecule has 0 amide bonds. The van der Waals surface area contributed by atoms with E-state index in [0.29, 0.717) is 6.04 Å². The van der Waals surface area contributed by atoms with Gasteiger partial charge in [-0.05, 0) is 25.5 Å². The van der Waals surface area contributed by atoms with Crippen molar-refractivity contribution >= 4 is 16.6 Å². The smallest absolute Gasteiger partial charge is 0.0854 e. The average Bonchev–Trinajstić information content (AvgIpc) is 2.45. The standard InChI is InChI=1S/C16H22N2O/c1-4-7-12(2)18(3)16-10-13(11-19)17-15-9-6-5-8-14(15)16/h5-6,8-10,12,19H,4,7,11H2,1-3H3. The summed E-state index contributed by atoms with van der Waals surface area (Å²) in [6.07, 6.45) is 2.32. The lowest BCUT2D eigenvalue weighted by molar-refractivity contribution is 0.277.